The number of thioether (sulfide) groups is 1. The molecule has 34 heavy (non-hydrogen) atoms. The molecule has 1 N–H and O–H groups in total. The first-order chi connectivity index (χ1) is 16.3. The first-order valence-electron chi connectivity index (χ1n) is 10.8. The summed E-state index contributed by atoms with van der Waals surface area (Å²) < 4.78 is 3.70. The van der Waals surface area contributed by atoms with Crippen LogP contribution in [0.25, 0.3) is 11.4 Å². The molecule has 1 amide bonds. The van der Waals surface area contributed by atoms with Crippen molar-refractivity contribution in [3.05, 3.63) is 77.2 Å². The lowest BCUT2D eigenvalue weighted by Gasteiger charge is -2.20. The maximum atomic E-state index is 12.9. The van der Waals surface area contributed by atoms with E-state index in [0.29, 0.717) is 16.0 Å². The number of hydrogen-bond acceptors (Lipinski definition) is 6. The van der Waals surface area contributed by atoms with Crippen LogP contribution in [0.4, 0.5) is 5.82 Å². The number of carbonyl (C=O) groups is 1. The van der Waals surface area contributed by atoms with E-state index in [1.165, 1.54) is 11.8 Å². The van der Waals surface area contributed by atoms with Crippen molar-refractivity contribution >= 4 is 35.1 Å². The zero-order valence-electron chi connectivity index (χ0n) is 19.4. The third kappa shape index (κ3) is 5.32. The summed E-state index contributed by atoms with van der Waals surface area (Å²) in [5, 5.41) is 17.6. The molecule has 4 rings (SSSR count). The number of benzene rings is 2. The quantitative estimate of drug-likeness (QED) is 0.355. The van der Waals surface area contributed by atoms with Crippen LogP contribution in [0.3, 0.4) is 0 Å². The van der Waals surface area contributed by atoms with Gasteiger partial charge in [0.2, 0.25) is 5.91 Å². The van der Waals surface area contributed by atoms with Gasteiger partial charge in [0.1, 0.15) is 5.82 Å². The highest BCUT2D eigenvalue weighted by Gasteiger charge is 2.22. The Morgan fingerprint density at radius 2 is 1.79 bits per heavy atom. The standard InChI is InChI=1S/C24H26ClN7OS/c1-16-14-21(32(29-16)20-8-6-5-7-9-20)26-22(33)15-34-24-28-27-23(17(2)30(3)4)31(24)19-12-10-18(25)11-13-19/h5-14,17H,15H2,1-4H3,(H,26,33). The summed E-state index contributed by atoms with van der Waals surface area (Å²) in [5.41, 5.74) is 2.58. The summed E-state index contributed by atoms with van der Waals surface area (Å²) >= 11 is 7.42. The van der Waals surface area contributed by atoms with Gasteiger partial charge in [0.05, 0.1) is 23.2 Å². The molecule has 1 unspecified atom stereocenters. The summed E-state index contributed by atoms with van der Waals surface area (Å²) in [5.74, 6) is 1.42. The zero-order valence-corrected chi connectivity index (χ0v) is 21.0. The maximum absolute atomic E-state index is 12.9. The number of amides is 1. The van der Waals surface area contributed by atoms with Crippen molar-refractivity contribution in [2.24, 2.45) is 0 Å². The van der Waals surface area contributed by atoms with E-state index in [1.54, 1.807) is 4.68 Å². The molecule has 0 saturated carbocycles. The molecule has 0 fully saturated rings. The minimum atomic E-state index is -0.157. The minimum absolute atomic E-state index is 0.0227. The second-order valence-corrected chi connectivity index (χ2v) is 9.43. The Labute approximate surface area is 207 Å². The highest BCUT2D eigenvalue weighted by molar-refractivity contribution is 7.99. The molecule has 0 aliphatic carbocycles. The molecule has 2 heterocycles. The minimum Gasteiger partial charge on any atom is -0.310 e. The summed E-state index contributed by atoms with van der Waals surface area (Å²) in [7, 11) is 3.98. The second-order valence-electron chi connectivity index (χ2n) is 8.05. The van der Waals surface area contributed by atoms with Crippen LogP contribution in [0.5, 0.6) is 0 Å². The second kappa shape index (κ2) is 10.4. The predicted molar refractivity (Wildman–Crippen MR) is 136 cm³/mol. The van der Waals surface area contributed by atoms with Gasteiger partial charge in [0, 0.05) is 16.8 Å². The molecule has 2 aromatic heterocycles. The summed E-state index contributed by atoms with van der Waals surface area (Å²) in [4.78, 5) is 14.9. The zero-order chi connectivity index (χ0) is 24.2. The number of aryl methyl sites for hydroxylation is 1. The van der Waals surface area contributed by atoms with Gasteiger partial charge in [-0.25, -0.2) is 4.68 Å². The van der Waals surface area contributed by atoms with Crippen molar-refractivity contribution in [3.63, 3.8) is 0 Å². The fourth-order valence-electron chi connectivity index (χ4n) is 3.37. The monoisotopic (exact) mass is 495 g/mol. The Morgan fingerprint density at radius 1 is 1.09 bits per heavy atom. The summed E-state index contributed by atoms with van der Waals surface area (Å²) in [6, 6.07) is 19.1. The molecule has 0 radical (unpaired) electrons. The van der Waals surface area contributed by atoms with Crippen molar-refractivity contribution in [1.82, 2.24) is 29.4 Å². The SMILES string of the molecule is Cc1cc(NC(=O)CSc2nnc(C(C)N(C)C)n2-c2ccc(Cl)cc2)n(-c2ccccc2)n1. The van der Waals surface area contributed by atoms with E-state index >= 15 is 0 Å². The smallest absolute Gasteiger partial charge is 0.236 e. The molecule has 0 aliphatic heterocycles. The van der Waals surface area contributed by atoms with Gasteiger partial charge in [0.15, 0.2) is 11.0 Å². The van der Waals surface area contributed by atoms with Gasteiger partial charge in [-0.3, -0.25) is 14.3 Å². The topological polar surface area (TPSA) is 80.9 Å². The van der Waals surface area contributed by atoms with Gasteiger partial charge in [-0.2, -0.15) is 5.10 Å². The number of rotatable bonds is 8. The molecule has 0 spiro atoms. The van der Waals surface area contributed by atoms with E-state index in [4.69, 9.17) is 11.6 Å². The number of halogens is 1. The van der Waals surface area contributed by atoms with Gasteiger partial charge in [0.25, 0.3) is 0 Å². The third-order valence-corrected chi connectivity index (χ3v) is 6.50. The van der Waals surface area contributed by atoms with Crippen LogP contribution < -0.4 is 5.32 Å². The van der Waals surface area contributed by atoms with Crippen LogP contribution in [0, 0.1) is 6.92 Å². The van der Waals surface area contributed by atoms with E-state index in [9.17, 15) is 4.79 Å². The van der Waals surface area contributed by atoms with Gasteiger partial charge < -0.3 is 5.32 Å². The molecule has 4 aromatic rings. The van der Waals surface area contributed by atoms with Crippen LogP contribution in [-0.4, -0.2) is 55.2 Å². The Hall–Kier alpha value is -3.14. The van der Waals surface area contributed by atoms with E-state index in [0.717, 1.165) is 22.9 Å². The normalized spacial score (nSPS) is 12.2. The molecule has 10 heteroatoms. The lowest BCUT2D eigenvalue weighted by atomic mass is 10.2. The number of carbonyl (C=O) groups excluding carboxylic acids is 1. The summed E-state index contributed by atoms with van der Waals surface area (Å²) in [6.45, 7) is 3.95. The van der Waals surface area contributed by atoms with Gasteiger partial charge in [-0.05, 0) is 64.3 Å². The van der Waals surface area contributed by atoms with Crippen molar-refractivity contribution in [2.75, 3.05) is 25.2 Å². The fraction of sp³-hybridized carbons (Fsp3) is 0.250. The molecule has 0 bridgehead atoms. The molecule has 0 aliphatic rings. The highest BCUT2D eigenvalue weighted by atomic mass is 35.5. The molecule has 0 saturated heterocycles. The molecule has 176 valence electrons. The first-order valence-corrected chi connectivity index (χ1v) is 12.1. The molecule has 8 nitrogen and oxygen atoms in total. The fourth-order valence-corrected chi connectivity index (χ4v) is 4.26. The number of nitrogens with one attached hydrogen (secondary N) is 1. The van der Waals surface area contributed by atoms with Crippen LogP contribution in [0.1, 0.15) is 24.5 Å². The molecule has 2 aromatic carbocycles. The van der Waals surface area contributed by atoms with Crippen molar-refractivity contribution in [3.8, 4) is 11.4 Å². The molecule has 1 atom stereocenters. The highest BCUT2D eigenvalue weighted by Crippen LogP contribution is 2.28. The van der Waals surface area contributed by atoms with Gasteiger partial charge in [-0.15, -0.1) is 10.2 Å². The molecular weight excluding hydrogens is 470 g/mol. The third-order valence-electron chi connectivity index (χ3n) is 5.32. The van der Waals surface area contributed by atoms with Gasteiger partial charge >= 0.3 is 0 Å². The predicted octanol–water partition coefficient (Wildman–Crippen LogP) is 4.77. The largest absolute Gasteiger partial charge is 0.310 e. The van der Waals surface area contributed by atoms with Gasteiger partial charge in [-0.1, -0.05) is 41.6 Å². The van der Waals surface area contributed by atoms with Crippen molar-refractivity contribution in [1.29, 1.82) is 0 Å². The lowest BCUT2D eigenvalue weighted by Crippen LogP contribution is -2.21. The van der Waals surface area contributed by atoms with Crippen LogP contribution in [0.15, 0.2) is 65.8 Å². The molecular formula is C24H26ClN7OS. The number of nitrogens with zero attached hydrogens (tertiary/aromatic N) is 6. The number of aromatic nitrogens is 5. The Kier molecular flexibility index (Phi) is 7.35. The Balaban J connectivity index is 1.54. The van der Waals surface area contributed by atoms with Crippen molar-refractivity contribution < 1.29 is 4.79 Å². The average Bonchev–Trinajstić information content (AvgIpc) is 3.41. The van der Waals surface area contributed by atoms with E-state index in [2.05, 4.69) is 32.4 Å². The number of anilines is 1. The van der Waals surface area contributed by atoms with Crippen LogP contribution >= 0.6 is 23.4 Å². The Bertz CT molecular complexity index is 1270. The Morgan fingerprint density at radius 3 is 2.47 bits per heavy atom. The maximum Gasteiger partial charge on any atom is 0.236 e. The van der Waals surface area contributed by atoms with Crippen LogP contribution in [0.2, 0.25) is 5.02 Å². The number of para-hydroxylation sites is 1. The van der Waals surface area contributed by atoms with Crippen molar-refractivity contribution in [2.45, 2.75) is 25.0 Å². The van der Waals surface area contributed by atoms with E-state index in [-0.39, 0.29) is 17.7 Å². The number of hydrogen-bond donors (Lipinski definition) is 1. The first kappa shape index (κ1) is 24.0. The van der Waals surface area contributed by atoms with E-state index < -0.39 is 0 Å². The average molecular weight is 496 g/mol. The summed E-state index contributed by atoms with van der Waals surface area (Å²) in [6.07, 6.45) is 0. The van der Waals surface area contributed by atoms with E-state index in [1.807, 2.05) is 86.2 Å². The lowest BCUT2D eigenvalue weighted by molar-refractivity contribution is -0.113. The van der Waals surface area contributed by atoms with Crippen LogP contribution in [-0.2, 0) is 4.79 Å².